The highest BCUT2D eigenvalue weighted by molar-refractivity contribution is 6.49. The summed E-state index contributed by atoms with van der Waals surface area (Å²) in [7, 11) is -0.828. The Kier molecular flexibility index (Phi) is 3.86. The van der Waals surface area contributed by atoms with Crippen LogP contribution < -0.4 is 0 Å². The molecule has 1 saturated carbocycles. The molecule has 0 aromatic rings. The first-order chi connectivity index (χ1) is 7.20. The Morgan fingerprint density at radius 2 is 2.20 bits per heavy atom. The standard InChI is InChI=1S/C12H24O2Si/c1-4-15(3)13-8-9(2)10-5-6-11-12(7-10)14-11/h9-12,15H,4-8H2,1-3H3. The van der Waals surface area contributed by atoms with Gasteiger partial charge >= 0.3 is 0 Å². The molecular formula is C12H24O2Si. The molecule has 1 aliphatic carbocycles. The van der Waals surface area contributed by atoms with Gasteiger partial charge in [0.2, 0.25) is 0 Å². The van der Waals surface area contributed by atoms with E-state index in [0.717, 1.165) is 18.4 Å². The molecule has 5 atom stereocenters. The molecule has 0 bridgehead atoms. The van der Waals surface area contributed by atoms with Crippen molar-refractivity contribution in [3.63, 3.8) is 0 Å². The van der Waals surface area contributed by atoms with Crippen LogP contribution in [0.4, 0.5) is 0 Å². The van der Waals surface area contributed by atoms with Crippen molar-refractivity contribution in [3.8, 4) is 0 Å². The van der Waals surface area contributed by atoms with E-state index in [1.165, 1.54) is 25.3 Å². The van der Waals surface area contributed by atoms with Gasteiger partial charge in [-0.1, -0.05) is 13.8 Å². The van der Waals surface area contributed by atoms with E-state index in [4.69, 9.17) is 9.16 Å². The first-order valence-corrected chi connectivity index (χ1v) is 8.92. The molecule has 88 valence electrons. The van der Waals surface area contributed by atoms with Gasteiger partial charge in [0.25, 0.3) is 0 Å². The Morgan fingerprint density at radius 1 is 1.40 bits per heavy atom. The van der Waals surface area contributed by atoms with Gasteiger partial charge in [-0.25, -0.2) is 0 Å². The number of rotatable bonds is 5. The first kappa shape index (κ1) is 11.6. The quantitative estimate of drug-likeness (QED) is 0.533. The van der Waals surface area contributed by atoms with E-state index in [1.54, 1.807) is 0 Å². The number of epoxide rings is 1. The fourth-order valence-corrected chi connectivity index (χ4v) is 3.39. The third-order valence-corrected chi connectivity index (χ3v) is 5.98. The van der Waals surface area contributed by atoms with Crippen LogP contribution in [0.1, 0.15) is 33.1 Å². The summed E-state index contributed by atoms with van der Waals surface area (Å²) in [4.78, 5) is 0. The smallest absolute Gasteiger partial charge is 0.173 e. The zero-order valence-corrected chi connectivity index (χ0v) is 11.4. The van der Waals surface area contributed by atoms with Crippen LogP contribution in [0.15, 0.2) is 0 Å². The van der Waals surface area contributed by atoms with Gasteiger partial charge < -0.3 is 9.16 Å². The normalized spacial score (nSPS) is 38.2. The minimum absolute atomic E-state index is 0.618. The molecule has 3 heteroatoms. The van der Waals surface area contributed by atoms with Gasteiger partial charge in [0.1, 0.15) is 0 Å². The van der Waals surface area contributed by atoms with Gasteiger partial charge in [-0.05, 0) is 43.7 Å². The van der Waals surface area contributed by atoms with Crippen molar-refractivity contribution in [3.05, 3.63) is 0 Å². The van der Waals surface area contributed by atoms with E-state index in [-0.39, 0.29) is 0 Å². The van der Waals surface area contributed by atoms with Gasteiger partial charge in [-0.3, -0.25) is 0 Å². The minimum atomic E-state index is -0.828. The molecule has 0 amide bonds. The first-order valence-electron chi connectivity index (χ1n) is 6.47. The Balaban J connectivity index is 1.68. The summed E-state index contributed by atoms with van der Waals surface area (Å²) in [5.74, 6) is 1.59. The molecule has 2 nitrogen and oxygen atoms in total. The van der Waals surface area contributed by atoms with E-state index < -0.39 is 9.04 Å². The molecule has 2 rings (SSSR count). The summed E-state index contributed by atoms with van der Waals surface area (Å²) < 4.78 is 11.5. The predicted octanol–water partition coefficient (Wildman–Crippen LogP) is 2.58. The zero-order chi connectivity index (χ0) is 10.8. The van der Waals surface area contributed by atoms with Gasteiger partial charge in [0.15, 0.2) is 9.04 Å². The molecule has 0 spiro atoms. The molecule has 15 heavy (non-hydrogen) atoms. The lowest BCUT2D eigenvalue weighted by Crippen LogP contribution is -2.25. The topological polar surface area (TPSA) is 21.8 Å². The predicted molar refractivity (Wildman–Crippen MR) is 64.6 cm³/mol. The molecule has 0 radical (unpaired) electrons. The summed E-state index contributed by atoms with van der Waals surface area (Å²) >= 11 is 0. The molecule has 1 heterocycles. The lowest BCUT2D eigenvalue weighted by molar-refractivity contribution is 0.182. The third-order valence-electron chi connectivity index (χ3n) is 4.07. The maximum atomic E-state index is 5.95. The van der Waals surface area contributed by atoms with E-state index >= 15 is 0 Å². The van der Waals surface area contributed by atoms with Gasteiger partial charge in [0.05, 0.1) is 12.2 Å². The van der Waals surface area contributed by atoms with E-state index in [9.17, 15) is 0 Å². The summed E-state index contributed by atoms with van der Waals surface area (Å²) in [5, 5.41) is 0. The Labute approximate surface area is 95.1 Å². The number of fused-ring (bicyclic) bond motifs is 1. The van der Waals surface area contributed by atoms with Crippen LogP contribution in [0.5, 0.6) is 0 Å². The van der Waals surface area contributed by atoms with Crippen LogP contribution in [0.25, 0.3) is 0 Å². The second-order valence-electron chi connectivity index (χ2n) is 5.32. The van der Waals surface area contributed by atoms with E-state index in [0.29, 0.717) is 12.2 Å². The minimum Gasteiger partial charge on any atom is -0.420 e. The largest absolute Gasteiger partial charge is 0.420 e. The summed E-state index contributed by atoms with van der Waals surface area (Å²) in [5.41, 5.74) is 0. The Bertz CT molecular complexity index is 210. The highest BCUT2D eigenvalue weighted by atomic mass is 28.3. The number of ether oxygens (including phenoxy) is 1. The fourth-order valence-electron chi connectivity index (χ4n) is 2.52. The maximum absolute atomic E-state index is 5.95. The second-order valence-corrected chi connectivity index (χ2v) is 8.09. The fraction of sp³-hybridized carbons (Fsp3) is 1.00. The monoisotopic (exact) mass is 228 g/mol. The average molecular weight is 228 g/mol. The summed E-state index contributed by atoms with van der Waals surface area (Å²) in [6, 6.07) is 1.26. The lowest BCUT2D eigenvalue weighted by atomic mass is 9.81. The van der Waals surface area contributed by atoms with Gasteiger partial charge in [-0.2, -0.15) is 0 Å². The van der Waals surface area contributed by atoms with Crippen molar-refractivity contribution < 1.29 is 9.16 Å². The maximum Gasteiger partial charge on any atom is 0.173 e. The van der Waals surface area contributed by atoms with Crippen molar-refractivity contribution >= 4 is 9.04 Å². The highest BCUT2D eigenvalue weighted by Gasteiger charge is 2.44. The zero-order valence-electron chi connectivity index (χ0n) is 10.2. The van der Waals surface area contributed by atoms with Crippen molar-refractivity contribution in [1.82, 2.24) is 0 Å². The van der Waals surface area contributed by atoms with Crippen LogP contribution in [-0.4, -0.2) is 27.9 Å². The molecule has 5 unspecified atom stereocenters. The molecular weight excluding hydrogens is 204 g/mol. The van der Waals surface area contributed by atoms with Crippen molar-refractivity contribution in [2.75, 3.05) is 6.61 Å². The Morgan fingerprint density at radius 3 is 2.87 bits per heavy atom. The van der Waals surface area contributed by atoms with Gasteiger partial charge in [0, 0.05) is 6.61 Å². The molecule has 2 aliphatic rings. The molecule has 0 N–H and O–H groups in total. The number of hydrogen-bond acceptors (Lipinski definition) is 2. The second kappa shape index (κ2) is 4.98. The van der Waals surface area contributed by atoms with Crippen LogP contribution in [0.3, 0.4) is 0 Å². The molecule has 2 fully saturated rings. The van der Waals surface area contributed by atoms with Crippen molar-refractivity contribution in [1.29, 1.82) is 0 Å². The van der Waals surface area contributed by atoms with Crippen molar-refractivity contribution in [2.45, 2.75) is 57.9 Å². The SMILES string of the molecule is CC[SiH](C)OCC(C)C1CCC2OC2C1. The van der Waals surface area contributed by atoms with Crippen molar-refractivity contribution in [2.24, 2.45) is 11.8 Å². The van der Waals surface area contributed by atoms with Crippen LogP contribution in [-0.2, 0) is 9.16 Å². The van der Waals surface area contributed by atoms with Gasteiger partial charge in [-0.15, -0.1) is 0 Å². The van der Waals surface area contributed by atoms with E-state index in [2.05, 4.69) is 20.4 Å². The van der Waals surface area contributed by atoms with Crippen LogP contribution in [0.2, 0.25) is 12.6 Å². The molecule has 1 saturated heterocycles. The van der Waals surface area contributed by atoms with E-state index in [1.807, 2.05) is 0 Å². The van der Waals surface area contributed by atoms with Crippen LogP contribution >= 0.6 is 0 Å². The molecule has 0 aromatic heterocycles. The number of hydrogen-bond donors (Lipinski definition) is 0. The summed E-state index contributed by atoms with van der Waals surface area (Å²) in [6.07, 6.45) is 5.19. The molecule has 1 aliphatic heterocycles. The third kappa shape index (κ3) is 3.05. The average Bonchev–Trinajstić information content (AvgIpc) is 3.02. The molecule has 0 aromatic carbocycles. The van der Waals surface area contributed by atoms with Crippen LogP contribution in [0, 0.1) is 11.8 Å². The Hall–Kier alpha value is 0.137. The highest BCUT2D eigenvalue weighted by Crippen LogP contribution is 2.42. The summed E-state index contributed by atoms with van der Waals surface area (Å²) in [6.45, 7) is 7.88. The lowest BCUT2D eigenvalue weighted by Gasteiger charge is -2.26.